The van der Waals surface area contributed by atoms with Gasteiger partial charge in [-0.25, -0.2) is 0 Å². The zero-order valence-corrected chi connectivity index (χ0v) is 11.2. The highest BCUT2D eigenvalue weighted by Gasteiger charge is 2.11. The van der Waals surface area contributed by atoms with Crippen LogP contribution in [0.5, 0.6) is 0 Å². The predicted octanol–water partition coefficient (Wildman–Crippen LogP) is 2.46. The summed E-state index contributed by atoms with van der Waals surface area (Å²) in [5.74, 6) is 0. The Hall–Kier alpha value is -1.03. The van der Waals surface area contributed by atoms with Gasteiger partial charge in [0.25, 0.3) is 0 Å². The van der Waals surface area contributed by atoms with Crippen molar-refractivity contribution in [3.05, 3.63) is 36.0 Å². The number of benzene rings is 1. The molecule has 1 saturated heterocycles. The third-order valence-electron chi connectivity index (χ3n) is 3.48. The van der Waals surface area contributed by atoms with E-state index < -0.39 is 0 Å². The van der Waals surface area contributed by atoms with Gasteiger partial charge in [0.2, 0.25) is 0 Å². The molecule has 1 N–H and O–H groups in total. The van der Waals surface area contributed by atoms with Gasteiger partial charge < -0.3 is 9.72 Å². The highest BCUT2D eigenvalue weighted by molar-refractivity contribution is 5.85. The molecule has 0 unspecified atom stereocenters. The largest absolute Gasteiger partial charge is 0.379 e. The highest BCUT2D eigenvalue weighted by atomic mass is 35.5. The average Bonchev–Trinajstić information content (AvgIpc) is 2.81. The molecule has 0 radical (unpaired) electrons. The first-order valence-electron chi connectivity index (χ1n) is 6.28. The molecule has 0 amide bonds. The molecule has 18 heavy (non-hydrogen) atoms. The van der Waals surface area contributed by atoms with Crippen LogP contribution in [-0.4, -0.2) is 42.7 Å². The van der Waals surface area contributed by atoms with Crippen molar-refractivity contribution in [1.82, 2.24) is 9.88 Å². The average molecular weight is 267 g/mol. The molecule has 98 valence electrons. The van der Waals surface area contributed by atoms with Gasteiger partial charge in [-0.3, -0.25) is 4.90 Å². The Bertz CT molecular complexity index is 491. The molecule has 0 aliphatic carbocycles. The molecule has 1 aliphatic heterocycles. The number of morpholine rings is 1. The maximum atomic E-state index is 5.36. The van der Waals surface area contributed by atoms with Crippen LogP contribution >= 0.6 is 12.4 Å². The highest BCUT2D eigenvalue weighted by Crippen LogP contribution is 2.18. The maximum absolute atomic E-state index is 5.36. The minimum absolute atomic E-state index is 0. The standard InChI is InChI=1S/C14H18N2O.ClH/c1-2-4-14-13(3-1)12(11-15-14)5-6-16-7-9-17-10-8-16;/h1-4,11,15H,5-10H2;1H. The Labute approximate surface area is 114 Å². The van der Waals surface area contributed by atoms with Crippen molar-refractivity contribution < 1.29 is 4.74 Å². The number of halogens is 1. The number of H-pyrrole nitrogens is 1. The van der Waals surface area contributed by atoms with E-state index in [0.29, 0.717) is 0 Å². The van der Waals surface area contributed by atoms with Gasteiger partial charge in [0.1, 0.15) is 0 Å². The molecule has 1 aliphatic rings. The Morgan fingerprint density at radius 1 is 1.17 bits per heavy atom. The summed E-state index contributed by atoms with van der Waals surface area (Å²) >= 11 is 0. The molecule has 0 saturated carbocycles. The van der Waals surface area contributed by atoms with Crippen LogP contribution in [0, 0.1) is 0 Å². The van der Waals surface area contributed by atoms with Crippen LogP contribution in [-0.2, 0) is 11.2 Å². The smallest absolute Gasteiger partial charge is 0.0594 e. The van der Waals surface area contributed by atoms with Crippen molar-refractivity contribution in [2.45, 2.75) is 6.42 Å². The summed E-state index contributed by atoms with van der Waals surface area (Å²) in [5.41, 5.74) is 2.66. The third kappa shape index (κ3) is 2.86. The second-order valence-corrected chi connectivity index (χ2v) is 4.56. The van der Waals surface area contributed by atoms with E-state index in [1.165, 1.54) is 16.5 Å². The Kier molecular flexibility index (Phi) is 4.64. The Balaban J connectivity index is 0.00000120. The third-order valence-corrected chi connectivity index (χ3v) is 3.48. The van der Waals surface area contributed by atoms with E-state index in [1.807, 2.05) is 0 Å². The molecule has 0 atom stereocenters. The van der Waals surface area contributed by atoms with E-state index in [2.05, 4.69) is 40.3 Å². The lowest BCUT2D eigenvalue weighted by molar-refractivity contribution is 0.0385. The molecule has 3 rings (SSSR count). The molecule has 2 aromatic rings. The van der Waals surface area contributed by atoms with Gasteiger partial charge >= 0.3 is 0 Å². The number of aromatic nitrogens is 1. The van der Waals surface area contributed by atoms with Gasteiger partial charge in [0.05, 0.1) is 13.2 Å². The molecule has 1 fully saturated rings. The second kappa shape index (κ2) is 6.23. The van der Waals surface area contributed by atoms with Gasteiger partial charge in [0.15, 0.2) is 0 Å². The van der Waals surface area contributed by atoms with Crippen LogP contribution in [0.3, 0.4) is 0 Å². The molecule has 1 aromatic carbocycles. The van der Waals surface area contributed by atoms with E-state index in [9.17, 15) is 0 Å². The number of rotatable bonds is 3. The maximum Gasteiger partial charge on any atom is 0.0594 e. The Morgan fingerprint density at radius 2 is 1.94 bits per heavy atom. The summed E-state index contributed by atoms with van der Waals surface area (Å²) in [4.78, 5) is 5.81. The number of fused-ring (bicyclic) bond motifs is 1. The van der Waals surface area contributed by atoms with E-state index in [1.54, 1.807) is 0 Å². The fraction of sp³-hybridized carbons (Fsp3) is 0.429. The van der Waals surface area contributed by atoms with E-state index in [-0.39, 0.29) is 12.4 Å². The number of para-hydroxylation sites is 1. The molecule has 2 heterocycles. The van der Waals surface area contributed by atoms with E-state index >= 15 is 0 Å². The zero-order chi connectivity index (χ0) is 11.5. The van der Waals surface area contributed by atoms with Crippen molar-refractivity contribution in [3.63, 3.8) is 0 Å². The lowest BCUT2D eigenvalue weighted by Gasteiger charge is -2.26. The van der Waals surface area contributed by atoms with Crippen molar-refractivity contribution >= 4 is 23.3 Å². The van der Waals surface area contributed by atoms with Crippen molar-refractivity contribution in [2.24, 2.45) is 0 Å². The summed E-state index contributed by atoms with van der Waals surface area (Å²) in [6.45, 7) is 5.04. The lowest BCUT2D eigenvalue weighted by Crippen LogP contribution is -2.37. The van der Waals surface area contributed by atoms with Gasteiger partial charge in [-0.2, -0.15) is 0 Å². The summed E-state index contributed by atoms with van der Waals surface area (Å²) in [6.07, 6.45) is 3.26. The zero-order valence-electron chi connectivity index (χ0n) is 10.4. The van der Waals surface area contributed by atoms with Crippen LogP contribution in [0.15, 0.2) is 30.5 Å². The molecule has 1 aromatic heterocycles. The first kappa shape index (κ1) is 13.4. The van der Waals surface area contributed by atoms with E-state index in [0.717, 1.165) is 39.3 Å². The molecule has 0 spiro atoms. The SMILES string of the molecule is Cl.c1ccc2c(CCN3CCOCC3)c[nH]c2c1. The van der Waals surface area contributed by atoms with Crippen molar-refractivity contribution in [3.8, 4) is 0 Å². The summed E-state index contributed by atoms with van der Waals surface area (Å²) in [7, 11) is 0. The summed E-state index contributed by atoms with van der Waals surface area (Å²) in [5, 5.41) is 1.36. The number of ether oxygens (including phenoxy) is 1. The van der Waals surface area contributed by atoms with E-state index in [4.69, 9.17) is 4.74 Å². The van der Waals surface area contributed by atoms with Crippen molar-refractivity contribution in [2.75, 3.05) is 32.8 Å². The summed E-state index contributed by atoms with van der Waals surface area (Å²) < 4.78 is 5.36. The lowest BCUT2D eigenvalue weighted by atomic mass is 10.1. The monoisotopic (exact) mass is 266 g/mol. The minimum atomic E-state index is 0. The summed E-state index contributed by atoms with van der Waals surface area (Å²) in [6, 6.07) is 8.51. The minimum Gasteiger partial charge on any atom is -0.379 e. The van der Waals surface area contributed by atoms with Crippen LogP contribution in [0.4, 0.5) is 0 Å². The molecule has 0 bridgehead atoms. The molecule has 4 heteroatoms. The number of nitrogens with one attached hydrogen (secondary N) is 1. The fourth-order valence-electron chi connectivity index (χ4n) is 2.44. The van der Waals surface area contributed by atoms with Crippen molar-refractivity contribution in [1.29, 1.82) is 0 Å². The number of nitrogens with zero attached hydrogens (tertiary/aromatic N) is 1. The van der Waals surface area contributed by atoms with Crippen LogP contribution in [0.1, 0.15) is 5.56 Å². The molecular formula is C14H19ClN2O. The number of hydrogen-bond acceptors (Lipinski definition) is 2. The Morgan fingerprint density at radius 3 is 2.78 bits per heavy atom. The van der Waals surface area contributed by atoms with Crippen LogP contribution < -0.4 is 0 Å². The number of hydrogen-bond donors (Lipinski definition) is 1. The predicted molar refractivity (Wildman–Crippen MR) is 76.5 cm³/mol. The van der Waals surface area contributed by atoms with Gasteiger partial charge in [-0.1, -0.05) is 18.2 Å². The van der Waals surface area contributed by atoms with Crippen LogP contribution in [0.25, 0.3) is 10.9 Å². The quantitative estimate of drug-likeness (QED) is 0.924. The first-order chi connectivity index (χ1) is 8.43. The normalized spacial score (nSPS) is 16.7. The van der Waals surface area contributed by atoms with Gasteiger partial charge in [0, 0.05) is 36.7 Å². The first-order valence-corrected chi connectivity index (χ1v) is 6.28. The topological polar surface area (TPSA) is 28.3 Å². The number of aromatic amines is 1. The van der Waals surface area contributed by atoms with Gasteiger partial charge in [-0.05, 0) is 18.1 Å². The fourth-order valence-corrected chi connectivity index (χ4v) is 2.44. The molecule has 3 nitrogen and oxygen atoms in total. The van der Waals surface area contributed by atoms with Gasteiger partial charge in [-0.15, -0.1) is 12.4 Å². The molecular weight excluding hydrogens is 248 g/mol. The second-order valence-electron chi connectivity index (χ2n) is 4.56. The van der Waals surface area contributed by atoms with Crippen LogP contribution in [0.2, 0.25) is 0 Å².